The van der Waals surface area contributed by atoms with Crippen molar-refractivity contribution in [1.82, 2.24) is 10.6 Å². The minimum Gasteiger partial charge on any atom is -0.497 e. The van der Waals surface area contributed by atoms with E-state index in [1.807, 2.05) is 24.3 Å². The van der Waals surface area contributed by atoms with E-state index in [9.17, 15) is 4.79 Å². The van der Waals surface area contributed by atoms with Crippen LogP contribution in [0.2, 0.25) is 0 Å². The largest absolute Gasteiger partial charge is 0.497 e. The third-order valence-corrected chi connectivity index (χ3v) is 2.61. The Morgan fingerprint density at radius 3 is 2.56 bits per heavy atom. The monoisotopic (exact) mass is 250 g/mol. The summed E-state index contributed by atoms with van der Waals surface area (Å²) in [4.78, 5) is 11.4. The Bertz CT molecular complexity index is 349. The minimum absolute atomic E-state index is 0.0527. The van der Waals surface area contributed by atoms with E-state index in [1.54, 1.807) is 7.11 Å². The van der Waals surface area contributed by atoms with Crippen molar-refractivity contribution in [3.05, 3.63) is 29.8 Å². The van der Waals surface area contributed by atoms with Crippen LogP contribution in [-0.2, 0) is 11.2 Å². The molecule has 2 N–H and O–H groups in total. The van der Waals surface area contributed by atoms with Gasteiger partial charge in [-0.1, -0.05) is 19.1 Å². The number of ether oxygens (including phenoxy) is 1. The van der Waals surface area contributed by atoms with Crippen molar-refractivity contribution >= 4 is 5.91 Å². The lowest BCUT2D eigenvalue weighted by molar-refractivity contribution is -0.120. The second-order valence-corrected chi connectivity index (χ2v) is 4.12. The van der Waals surface area contributed by atoms with Gasteiger partial charge < -0.3 is 15.4 Å². The van der Waals surface area contributed by atoms with Gasteiger partial charge in [0.25, 0.3) is 0 Å². The van der Waals surface area contributed by atoms with Crippen molar-refractivity contribution in [2.75, 3.05) is 26.7 Å². The highest BCUT2D eigenvalue weighted by atomic mass is 16.5. The molecule has 1 aromatic rings. The van der Waals surface area contributed by atoms with Gasteiger partial charge in [0, 0.05) is 6.54 Å². The lowest BCUT2D eigenvalue weighted by atomic mass is 10.1. The molecule has 0 heterocycles. The molecule has 1 amide bonds. The van der Waals surface area contributed by atoms with Gasteiger partial charge in [-0.3, -0.25) is 4.79 Å². The molecule has 4 heteroatoms. The smallest absolute Gasteiger partial charge is 0.233 e. The van der Waals surface area contributed by atoms with Crippen LogP contribution in [0.15, 0.2) is 24.3 Å². The maximum Gasteiger partial charge on any atom is 0.233 e. The van der Waals surface area contributed by atoms with E-state index in [1.165, 1.54) is 5.56 Å². The van der Waals surface area contributed by atoms with Gasteiger partial charge in [0.15, 0.2) is 0 Å². The van der Waals surface area contributed by atoms with Crippen LogP contribution >= 0.6 is 0 Å². The van der Waals surface area contributed by atoms with Gasteiger partial charge in [-0.15, -0.1) is 0 Å². The predicted octanol–water partition coefficient (Wildman–Crippen LogP) is 1.35. The molecule has 100 valence electrons. The zero-order chi connectivity index (χ0) is 13.2. The fraction of sp³-hybridized carbons (Fsp3) is 0.500. The number of hydrogen-bond donors (Lipinski definition) is 2. The van der Waals surface area contributed by atoms with Crippen LogP contribution in [0.1, 0.15) is 18.9 Å². The van der Waals surface area contributed by atoms with Crippen molar-refractivity contribution < 1.29 is 9.53 Å². The standard InChI is InChI=1S/C14H22N2O2/c1-3-9-15-11-14(17)16-10-8-12-4-6-13(18-2)7-5-12/h4-7,15H,3,8-11H2,1-2H3,(H,16,17). The van der Waals surface area contributed by atoms with Crippen molar-refractivity contribution in [3.63, 3.8) is 0 Å². The molecule has 4 nitrogen and oxygen atoms in total. The molecule has 1 aromatic carbocycles. The van der Waals surface area contributed by atoms with E-state index in [0.717, 1.165) is 25.1 Å². The number of amides is 1. The Balaban J connectivity index is 2.18. The third-order valence-electron chi connectivity index (χ3n) is 2.61. The quantitative estimate of drug-likeness (QED) is 0.685. The van der Waals surface area contributed by atoms with Crippen molar-refractivity contribution in [2.45, 2.75) is 19.8 Å². The van der Waals surface area contributed by atoms with Gasteiger partial charge in [0.2, 0.25) is 5.91 Å². The predicted molar refractivity (Wildman–Crippen MR) is 72.9 cm³/mol. The van der Waals surface area contributed by atoms with E-state index in [4.69, 9.17) is 4.74 Å². The summed E-state index contributed by atoms with van der Waals surface area (Å²) < 4.78 is 5.09. The van der Waals surface area contributed by atoms with Gasteiger partial charge in [0.05, 0.1) is 13.7 Å². The molecule has 0 saturated carbocycles. The molecule has 0 radical (unpaired) electrons. The van der Waals surface area contributed by atoms with Crippen LogP contribution in [0.4, 0.5) is 0 Å². The SMILES string of the molecule is CCCNCC(=O)NCCc1ccc(OC)cc1. The van der Waals surface area contributed by atoms with Crippen LogP contribution in [0, 0.1) is 0 Å². The Kier molecular flexibility index (Phi) is 6.87. The molecule has 0 saturated heterocycles. The van der Waals surface area contributed by atoms with E-state index < -0.39 is 0 Å². The second-order valence-electron chi connectivity index (χ2n) is 4.12. The summed E-state index contributed by atoms with van der Waals surface area (Å²) in [5.41, 5.74) is 1.19. The maximum atomic E-state index is 11.4. The number of benzene rings is 1. The molecule has 0 fully saturated rings. The van der Waals surface area contributed by atoms with Gasteiger partial charge >= 0.3 is 0 Å². The summed E-state index contributed by atoms with van der Waals surface area (Å²) in [6.45, 7) is 4.02. The van der Waals surface area contributed by atoms with Crippen LogP contribution < -0.4 is 15.4 Å². The van der Waals surface area contributed by atoms with Crippen molar-refractivity contribution in [3.8, 4) is 5.75 Å². The second kappa shape index (κ2) is 8.53. The molecule has 0 aromatic heterocycles. The van der Waals surface area contributed by atoms with Crippen LogP contribution in [0.5, 0.6) is 5.75 Å². The molecule has 0 unspecified atom stereocenters. The van der Waals surface area contributed by atoms with Crippen LogP contribution in [0.25, 0.3) is 0 Å². The number of rotatable bonds is 8. The fourth-order valence-corrected chi connectivity index (χ4v) is 1.58. The Morgan fingerprint density at radius 1 is 1.22 bits per heavy atom. The summed E-state index contributed by atoms with van der Waals surface area (Å²) >= 11 is 0. The summed E-state index contributed by atoms with van der Waals surface area (Å²) in [6, 6.07) is 7.89. The molecule has 0 aliphatic heterocycles. The molecule has 0 aliphatic carbocycles. The zero-order valence-corrected chi connectivity index (χ0v) is 11.2. The molecular weight excluding hydrogens is 228 g/mol. The average Bonchev–Trinajstić information content (AvgIpc) is 2.40. The molecule has 0 aliphatic rings. The van der Waals surface area contributed by atoms with Gasteiger partial charge in [-0.2, -0.15) is 0 Å². The van der Waals surface area contributed by atoms with E-state index in [0.29, 0.717) is 13.1 Å². The van der Waals surface area contributed by atoms with Gasteiger partial charge in [0.1, 0.15) is 5.75 Å². The highest BCUT2D eigenvalue weighted by Gasteiger charge is 2.00. The number of hydrogen-bond acceptors (Lipinski definition) is 3. The molecule has 0 atom stereocenters. The number of methoxy groups -OCH3 is 1. The Morgan fingerprint density at radius 2 is 1.94 bits per heavy atom. The highest BCUT2D eigenvalue weighted by molar-refractivity contribution is 5.77. The maximum absolute atomic E-state index is 11.4. The van der Waals surface area contributed by atoms with Crippen molar-refractivity contribution in [2.24, 2.45) is 0 Å². The molecule has 0 spiro atoms. The van der Waals surface area contributed by atoms with E-state index in [-0.39, 0.29) is 5.91 Å². The topological polar surface area (TPSA) is 50.4 Å². The summed E-state index contributed by atoms with van der Waals surface area (Å²) in [5.74, 6) is 0.906. The van der Waals surface area contributed by atoms with Crippen LogP contribution in [0.3, 0.4) is 0 Å². The first-order chi connectivity index (χ1) is 8.76. The highest BCUT2D eigenvalue weighted by Crippen LogP contribution is 2.11. The Hall–Kier alpha value is -1.55. The lowest BCUT2D eigenvalue weighted by Gasteiger charge is -2.06. The molecular formula is C14H22N2O2. The van der Waals surface area contributed by atoms with Gasteiger partial charge in [-0.25, -0.2) is 0 Å². The first kappa shape index (κ1) is 14.5. The number of carbonyl (C=O) groups excluding carboxylic acids is 1. The summed E-state index contributed by atoms with van der Waals surface area (Å²) in [5, 5.41) is 5.96. The van der Waals surface area contributed by atoms with Crippen molar-refractivity contribution in [1.29, 1.82) is 0 Å². The number of nitrogens with one attached hydrogen (secondary N) is 2. The average molecular weight is 250 g/mol. The minimum atomic E-state index is 0.0527. The van der Waals surface area contributed by atoms with Gasteiger partial charge in [-0.05, 0) is 37.1 Å². The third kappa shape index (κ3) is 5.68. The van der Waals surface area contributed by atoms with Crippen LogP contribution in [-0.4, -0.2) is 32.7 Å². The lowest BCUT2D eigenvalue weighted by Crippen LogP contribution is -2.35. The van der Waals surface area contributed by atoms with E-state index in [2.05, 4.69) is 17.6 Å². The molecule has 18 heavy (non-hydrogen) atoms. The number of carbonyl (C=O) groups is 1. The Labute approximate surface area is 109 Å². The summed E-state index contributed by atoms with van der Waals surface area (Å²) in [7, 11) is 1.65. The molecule has 0 bridgehead atoms. The molecule has 1 rings (SSSR count). The normalized spacial score (nSPS) is 10.1. The first-order valence-electron chi connectivity index (χ1n) is 6.36. The summed E-state index contributed by atoms with van der Waals surface area (Å²) in [6.07, 6.45) is 1.88. The first-order valence-corrected chi connectivity index (χ1v) is 6.36. The van der Waals surface area contributed by atoms with E-state index >= 15 is 0 Å². The zero-order valence-electron chi connectivity index (χ0n) is 11.2. The fourth-order valence-electron chi connectivity index (χ4n) is 1.58.